The highest BCUT2D eigenvalue weighted by atomic mass is 19.1. The number of para-hydroxylation sites is 1. The number of fused-ring (bicyclic) bond motifs is 1. The van der Waals surface area contributed by atoms with Crippen LogP contribution in [0.4, 0.5) is 10.3 Å². The zero-order valence-corrected chi connectivity index (χ0v) is 17.5. The molecular weight excluding hydrogens is 439 g/mol. The van der Waals surface area contributed by atoms with E-state index in [1.54, 1.807) is 0 Å². The first-order valence-electron chi connectivity index (χ1n) is 9.38. The monoisotopic (exact) mass is 456 g/mol. The van der Waals surface area contributed by atoms with Crippen molar-refractivity contribution in [1.82, 2.24) is 28.2 Å². The summed E-state index contributed by atoms with van der Waals surface area (Å²) >= 11 is 0. The number of aromatic hydroxyl groups is 1. The predicted molar refractivity (Wildman–Crippen MR) is 117 cm³/mol. The molecule has 13 nitrogen and oxygen atoms in total. The minimum atomic E-state index is -1.04. The van der Waals surface area contributed by atoms with E-state index in [9.17, 15) is 28.7 Å². The summed E-state index contributed by atoms with van der Waals surface area (Å²) in [4.78, 5) is 55.1. The Morgan fingerprint density at radius 2 is 1.79 bits per heavy atom. The van der Waals surface area contributed by atoms with Crippen LogP contribution in [0, 0.1) is 5.82 Å². The molecule has 0 saturated carbocycles. The summed E-state index contributed by atoms with van der Waals surface area (Å²) in [6.07, 6.45) is 0.904. The van der Waals surface area contributed by atoms with E-state index in [1.165, 1.54) is 48.5 Å². The highest BCUT2D eigenvalue weighted by molar-refractivity contribution is 5.83. The lowest BCUT2D eigenvalue weighted by molar-refractivity contribution is 0.427. The second kappa shape index (κ2) is 7.74. The van der Waals surface area contributed by atoms with Crippen LogP contribution in [0.1, 0.15) is 5.56 Å². The van der Waals surface area contributed by atoms with Gasteiger partial charge in [0.1, 0.15) is 11.4 Å². The molecule has 0 bridgehead atoms. The Hall–Kier alpha value is -4.75. The van der Waals surface area contributed by atoms with Crippen LogP contribution >= 0.6 is 0 Å². The van der Waals surface area contributed by atoms with E-state index < -0.39 is 39.8 Å². The third-order valence-electron chi connectivity index (χ3n) is 5.05. The number of hydrazone groups is 1. The second-order valence-electron chi connectivity index (χ2n) is 7.03. The van der Waals surface area contributed by atoms with Gasteiger partial charge in [0, 0.05) is 21.1 Å². The average Bonchev–Trinajstić information content (AvgIpc) is 3.10. The maximum atomic E-state index is 14.1. The number of rotatable bonds is 4. The molecule has 0 fully saturated rings. The maximum absolute atomic E-state index is 14.1. The summed E-state index contributed by atoms with van der Waals surface area (Å²) in [5, 5.41) is 14.3. The zero-order valence-electron chi connectivity index (χ0n) is 17.5. The van der Waals surface area contributed by atoms with Crippen molar-refractivity contribution in [2.24, 2.45) is 26.2 Å². The number of anilines is 1. The van der Waals surface area contributed by atoms with Crippen LogP contribution in [0.25, 0.3) is 16.9 Å². The fourth-order valence-electron chi connectivity index (χ4n) is 3.28. The highest BCUT2D eigenvalue weighted by Gasteiger charge is 2.18. The Morgan fingerprint density at radius 3 is 2.48 bits per heavy atom. The molecule has 0 radical (unpaired) electrons. The molecule has 0 aliphatic carbocycles. The smallest absolute Gasteiger partial charge is 0.335 e. The van der Waals surface area contributed by atoms with Crippen molar-refractivity contribution in [2.75, 3.05) is 5.43 Å². The first-order valence-corrected chi connectivity index (χ1v) is 9.38. The van der Waals surface area contributed by atoms with Crippen LogP contribution in [0.3, 0.4) is 0 Å². The van der Waals surface area contributed by atoms with Crippen LogP contribution < -0.4 is 27.9 Å². The van der Waals surface area contributed by atoms with Gasteiger partial charge in [-0.2, -0.15) is 10.1 Å². The van der Waals surface area contributed by atoms with E-state index >= 15 is 0 Å². The number of imidazole rings is 1. The van der Waals surface area contributed by atoms with Crippen LogP contribution in [0.2, 0.25) is 0 Å². The second-order valence-corrected chi connectivity index (χ2v) is 7.03. The van der Waals surface area contributed by atoms with E-state index in [1.807, 2.05) is 4.98 Å². The molecule has 3 heterocycles. The quantitative estimate of drug-likeness (QED) is 0.265. The van der Waals surface area contributed by atoms with Gasteiger partial charge in [0.25, 0.3) is 11.1 Å². The lowest BCUT2D eigenvalue weighted by atomic mass is 10.2. The van der Waals surface area contributed by atoms with Crippen molar-refractivity contribution >= 4 is 23.3 Å². The van der Waals surface area contributed by atoms with Crippen molar-refractivity contribution in [3.63, 3.8) is 0 Å². The molecule has 0 aliphatic heterocycles. The molecule has 0 atom stereocenters. The molecule has 3 aromatic heterocycles. The van der Waals surface area contributed by atoms with Crippen molar-refractivity contribution in [1.29, 1.82) is 0 Å². The molecule has 3 N–H and O–H groups in total. The Balaban J connectivity index is 1.78. The first-order chi connectivity index (χ1) is 15.6. The van der Waals surface area contributed by atoms with Crippen molar-refractivity contribution in [3.8, 4) is 11.6 Å². The summed E-state index contributed by atoms with van der Waals surface area (Å²) in [5.41, 5.74) is -1.08. The van der Waals surface area contributed by atoms with Crippen LogP contribution in [-0.4, -0.2) is 39.6 Å². The molecule has 1 aromatic carbocycles. The predicted octanol–water partition coefficient (Wildman–Crippen LogP) is -0.899. The highest BCUT2D eigenvalue weighted by Crippen LogP contribution is 2.18. The number of aryl methyl sites for hydroxylation is 2. The Kier molecular flexibility index (Phi) is 5.04. The molecule has 4 aromatic rings. The van der Waals surface area contributed by atoms with Gasteiger partial charge in [-0.05, 0) is 12.1 Å². The summed E-state index contributed by atoms with van der Waals surface area (Å²) in [6.45, 7) is 0. The van der Waals surface area contributed by atoms with Gasteiger partial charge in [0.05, 0.1) is 11.9 Å². The fourth-order valence-corrected chi connectivity index (χ4v) is 3.28. The van der Waals surface area contributed by atoms with Crippen LogP contribution in [0.5, 0.6) is 5.88 Å². The molecule has 33 heavy (non-hydrogen) atoms. The number of nitrogens with one attached hydrogen (secondary N) is 2. The van der Waals surface area contributed by atoms with Gasteiger partial charge in [0.2, 0.25) is 11.8 Å². The summed E-state index contributed by atoms with van der Waals surface area (Å²) < 4.78 is 18.2. The van der Waals surface area contributed by atoms with E-state index in [0.29, 0.717) is 4.57 Å². The van der Waals surface area contributed by atoms with Gasteiger partial charge < -0.3 is 9.67 Å². The standard InChI is InChI=1S/C19H17FN8O5/c1-25-12-13(26(2)19(33)27(3)16(12)31)22-17(25)24-21-8-9-14(29)23-18(32)28(15(9)30)11-7-5-4-6-10(11)20/h4-8,30H,1-3H3,(H,22,24)(H,23,29,32)/b21-8+. The SMILES string of the molecule is Cn1c(=O)c2c(nc(N/N=C/c3c(O)n(-c4ccccc4F)c(=O)[nH]c3=O)n2C)n(C)c1=O. The minimum Gasteiger partial charge on any atom is -0.493 e. The third kappa shape index (κ3) is 3.33. The molecule has 0 amide bonds. The van der Waals surface area contributed by atoms with Gasteiger partial charge in [-0.1, -0.05) is 12.1 Å². The Labute approximate surface area is 182 Å². The largest absolute Gasteiger partial charge is 0.493 e. The molecular formula is C19H17FN8O5. The van der Waals surface area contributed by atoms with Gasteiger partial charge in [-0.25, -0.2) is 24.0 Å². The normalized spacial score (nSPS) is 11.5. The van der Waals surface area contributed by atoms with E-state index in [0.717, 1.165) is 16.8 Å². The van der Waals surface area contributed by atoms with Gasteiger partial charge >= 0.3 is 11.4 Å². The summed E-state index contributed by atoms with van der Waals surface area (Å²) in [6, 6.07) is 5.19. The molecule has 4 rings (SSSR count). The number of H-pyrrole nitrogens is 1. The third-order valence-corrected chi connectivity index (χ3v) is 5.05. The molecule has 170 valence electrons. The van der Waals surface area contributed by atoms with Crippen LogP contribution in [-0.2, 0) is 21.1 Å². The number of hydrogen-bond acceptors (Lipinski definition) is 8. The number of benzene rings is 1. The van der Waals surface area contributed by atoms with Gasteiger partial charge in [0.15, 0.2) is 11.2 Å². The molecule has 0 saturated heterocycles. The number of halogens is 1. The molecule has 0 spiro atoms. The number of aromatic nitrogens is 6. The topological polar surface area (TPSA) is 161 Å². The average molecular weight is 456 g/mol. The maximum Gasteiger partial charge on any atom is 0.335 e. The van der Waals surface area contributed by atoms with Crippen molar-refractivity contribution < 1.29 is 9.50 Å². The number of aromatic amines is 1. The molecule has 0 unspecified atom stereocenters. The number of hydrogen-bond donors (Lipinski definition) is 3. The number of nitrogens with zero attached hydrogens (tertiary/aromatic N) is 6. The zero-order chi connectivity index (χ0) is 24.0. The summed E-state index contributed by atoms with van der Waals surface area (Å²) in [7, 11) is 4.30. The molecule has 14 heteroatoms. The Bertz CT molecular complexity index is 1690. The van der Waals surface area contributed by atoms with E-state index in [2.05, 4.69) is 15.5 Å². The van der Waals surface area contributed by atoms with Crippen molar-refractivity contribution in [3.05, 3.63) is 77.3 Å². The van der Waals surface area contributed by atoms with Crippen molar-refractivity contribution in [2.45, 2.75) is 0 Å². The van der Waals surface area contributed by atoms with E-state index in [-0.39, 0.29) is 22.8 Å². The Morgan fingerprint density at radius 1 is 1.09 bits per heavy atom. The van der Waals surface area contributed by atoms with E-state index in [4.69, 9.17) is 0 Å². The first kappa shape index (κ1) is 21.5. The van der Waals surface area contributed by atoms with Gasteiger partial charge in [-0.15, -0.1) is 0 Å². The lowest BCUT2D eigenvalue weighted by Gasteiger charge is -2.10. The lowest BCUT2D eigenvalue weighted by Crippen LogP contribution is -2.37. The fraction of sp³-hybridized carbons (Fsp3) is 0.158. The van der Waals surface area contributed by atoms with Gasteiger partial charge in [-0.3, -0.25) is 23.7 Å². The summed E-state index contributed by atoms with van der Waals surface area (Å²) in [5.74, 6) is -1.58. The minimum absolute atomic E-state index is 0.0536. The molecule has 0 aliphatic rings. The van der Waals surface area contributed by atoms with Crippen LogP contribution in [0.15, 0.2) is 48.5 Å².